The molecule has 0 N–H and O–H groups in total. The summed E-state index contributed by atoms with van der Waals surface area (Å²) in [5.74, 6) is -0.0706. The van der Waals surface area contributed by atoms with E-state index in [0.29, 0.717) is 12.0 Å². The molecule has 0 bridgehead atoms. The highest BCUT2D eigenvalue weighted by atomic mass is 16.5. The molecule has 21 heavy (non-hydrogen) atoms. The van der Waals surface area contributed by atoms with Gasteiger partial charge in [0.15, 0.2) is 0 Å². The van der Waals surface area contributed by atoms with E-state index in [2.05, 4.69) is 41.5 Å². The van der Waals surface area contributed by atoms with Gasteiger partial charge in [0.25, 0.3) is 0 Å². The van der Waals surface area contributed by atoms with Gasteiger partial charge in [-0.2, -0.15) is 0 Å². The lowest BCUT2D eigenvalue weighted by Crippen LogP contribution is -2.39. The number of carbonyl (C=O) groups is 1. The van der Waals surface area contributed by atoms with Gasteiger partial charge in [-0.25, -0.2) is 0 Å². The second-order valence-corrected chi connectivity index (χ2v) is 8.74. The molecule has 0 saturated heterocycles. The van der Waals surface area contributed by atoms with Crippen LogP contribution in [0.4, 0.5) is 0 Å². The van der Waals surface area contributed by atoms with Gasteiger partial charge in [0, 0.05) is 0 Å². The Kier molecular flexibility index (Phi) is 7.99. The summed E-state index contributed by atoms with van der Waals surface area (Å²) in [6.07, 6.45) is 7.25. The van der Waals surface area contributed by atoms with E-state index >= 15 is 0 Å². The van der Waals surface area contributed by atoms with Crippen LogP contribution in [0.25, 0.3) is 0 Å². The van der Waals surface area contributed by atoms with E-state index in [-0.39, 0.29) is 11.4 Å². The minimum atomic E-state index is -0.441. The van der Waals surface area contributed by atoms with Crippen molar-refractivity contribution in [3.63, 3.8) is 0 Å². The van der Waals surface area contributed by atoms with Crippen molar-refractivity contribution in [1.29, 1.82) is 0 Å². The van der Waals surface area contributed by atoms with Crippen LogP contribution in [-0.2, 0) is 9.53 Å². The van der Waals surface area contributed by atoms with E-state index < -0.39 is 5.41 Å². The van der Waals surface area contributed by atoms with E-state index in [1.54, 1.807) is 0 Å². The molecule has 0 aromatic carbocycles. The minimum absolute atomic E-state index is 0.0706. The van der Waals surface area contributed by atoms with E-state index in [1.165, 1.54) is 25.7 Å². The number of rotatable bonds is 9. The zero-order valence-electron chi connectivity index (χ0n) is 15.8. The average molecular weight is 299 g/mol. The zero-order chi connectivity index (χ0) is 16.7. The number of esters is 1. The molecule has 0 spiro atoms. The fourth-order valence-corrected chi connectivity index (χ4v) is 2.18. The molecule has 0 aliphatic heterocycles. The Labute approximate surface area is 133 Å². The van der Waals surface area contributed by atoms with Gasteiger partial charge in [0.1, 0.15) is 0 Å². The van der Waals surface area contributed by atoms with Crippen molar-refractivity contribution in [3.05, 3.63) is 0 Å². The topological polar surface area (TPSA) is 26.3 Å². The molecule has 0 aromatic rings. The highest BCUT2D eigenvalue weighted by Gasteiger charge is 2.41. The van der Waals surface area contributed by atoms with Gasteiger partial charge in [-0.05, 0) is 43.9 Å². The third-order valence-electron chi connectivity index (χ3n) is 5.07. The van der Waals surface area contributed by atoms with Crippen LogP contribution in [-0.4, -0.2) is 12.6 Å². The van der Waals surface area contributed by atoms with E-state index in [1.807, 2.05) is 13.8 Å². The molecule has 0 unspecified atom stereocenters. The molecule has 0 atom stereocenters. The molecule has 2 heteroatoms. The zero-order valence-corrected chi connectivity index (χ0v) is 15.8. The largest absolute Gasteiger partial charge is 0.465 e. The van der Waals surface area contributed by atoms with Gasteiger partial charge in [-0.15, -0.1) is 0 Å². The summed E-state index contributed by atoms with van der Waals surface area (Å²) in [4.78, 5) is 12.2. The quantitative estimate of drug-likeness (QED) is 0.386. The molecule has 0 saturated carbocycles. The third-order valence-corrected chi connectivity index (χ3v) is 5.07. The molecule has 2 nitrogen and oxygen atoms in total. The maximum Gasteiger partial charge on any atom is 0.312 e. The van der Waals surface area contributed by atoms with Crippen molar-refractivity contribution in [1.82, 2.24) is 0 Å². The normalized spacial score (nSPS) is 13.3. The molecule has 0 aliphatic carbocycles. The number of carbonyl (C=O) groups excluding carboxylic acids is 1. The molecular weight excluding hydrogens is 260 g/mol. The maximum atomic E-state index is 12.2. The van der Waals surface area contributed by atoms with Gasteiger partial charge in [0.2, 0.25) is 0 Å². The minimum Gasteiger partial charge on any atom is -0.465 e. The first-order chi connectivity index (χ1) is 9.44. The van der Waals surface area contributed by atoms with Crippen LogP contribution in [0.5, 0.6) is 0 Å². The predicted octanol–water partition coefficient (Wildman–Crippen LogP) is 5.99. The fourth-order valence-electron chi connectivity index (χ4n) is 2.18. The molecule has 126 valence electrons. The van der Waals surface area contributed by atoms with E-state index in [4.69, 9.17) is 4.74 Å². The first kappa shape index (κ1) is 20.5. The van der Waals surface area contributed by atoms with Crippen molar-refractivity contribution in [2.24, 2.45) is 16.2 Å². The Balaban J connectivity index is 4.08. The van der Waals surface area contributed by atoms with Gasteiger partial charge in [0.05, 0.1) is 12.0 Å². The summed E-state index contributed by atoms with van der Waals surface area (Å²) in [5, 5.41) is 0. The van der Waals surface area contributed by atoms with Crippen LogP contribution in [0.1, 0.15) is 93.9 Å². The number of hydrogen-bond acceptors (Lipinski definition) is 2. The highest BCUT2D eigenvalue weighted by molar-refractivity contribution is 5.76. The Bertz CT molecular complexity index is 308. The van der Waals surface area contributed by atoms with Gasteiger partial charge in [-0.1, -0.05) is 60.8 Å². The molecule has 0 amide bonds. The second-order valence-electron chi connectivity index (χ2n) is 8.74. The molecule has 0 heterocycles. The lowest BCUT2D eigenvalue weighted by molar-refractivity contribution is -0.160. The molecule has 0 aromatic heterocycles. The van der Waals surface area contributed by atoms with Crippen LogP contribution >= 0.6 is 0 Å². The summed E-state index contributed by atoms with van der Waals surface area (Å²) >= 11 is 0. The Morgan fingerprint density at radius 3 is 1.86 bits per heavy atom. The highest BCUT2D eigenvalue weighted by Crippen LogP contribution is 2.39. The van der Waals surface area contributed by atoms with Crippen molar-refractivity contribution in [2.45, 2.75) is 93.9 Å². The van der Waals surface area contributed by atoms with Crippen LogP contribution in [0.3, 0.4) is 0 Å². The van der Waals surface area contributed by atoms with Crippen molar-refractivity contribution >= 4 is 5.97 Å². The van der Waals surface area contributed by atoms with E-state index in [9.17, 15) is 4.79 Å². The lowest BCUT2D eigenvalue weighted by atomic mass is 9.69. The first-order valence-electron chi connectivity index (χ1n) is 8.61. The van der Waals surface area contributed by atoms with Crippen molar-refractivity contribution < 1.29 is 9.53 Å². The smallest absolute Gasteiger partial charge is 0.312 e. The van der Waals surface area contributed by atoms with Crippen LogP contribution < -0.4 is 0 Å². The number of hydrogen-bond donors (Lipinski definition) is 0. The van der Waals surface area contributed by atoms with Crippen molar-refractivity contribution in [2.75, 3.05) is 6.61 Å². The van der Waals surface area contributed by atoms with E-state index in [0.717, 1.165) is 12.8 Å². The van der Waals surface area contributed by atoms with Crippen LogP contribution in [0.2, 0.25) is 0 Å². The predicted molar refractivity (Wildman–Crippen MR) is 91.4 cm³/mol. The summed E-state index contributed by atoms with van der Waals surface area (Å²) in [6, 6.07) is 0. The fraction of sp³-hybridized carbons (Fsp3) is 0.947. The van der Waals surface area contributed by atoms with Gasteiger partial charge < -0.3 is 4.74 Å². The SMILES string of the molecule is CCCCCC(C)(C)CCCOC(=O)C(C)(C)C(C)(C)C. The lowest BCUT2D eigenvalue weighted by Gasteiger charge is -2.36. The summed E-state index contributed by atoms with van der Waals surface area (Å²) in [7, 11) is 0. The van der Waals surface area contributed by atoms with Gasteiger partial charge in [-0.3, -0.25) is 4.79 Å². The number of ether oxygens (including phenoxy) is 1. The standard InChI is InChI=1S/C19H38O2/c1-9-10-11-13-18(5,6)14-12-15-21-16(20)19(7,8)17(2,3)4/h9-15H2,1-8H3. The molecule has 0 rings (SSSR count). The van der Waals surface area contributed by atoms with Gasteiger partial charge >= 0.3 is 5.97 Å². The van der Waals surface area contributed by atoms with Crippen LogP contribution in [0.15, 0.2) is 0 Å². The second kappa shape index (κ2) is 8.19. The summed E-state index contributed by atoms with van der Waals surface area (Å²) in [5.41, 5.74) is -0.158. The molecular formula is C19H38O2. The summed E-state index contributed by atoms with van der Waals surface area (Å²) in [6.45, 7) is 17.7. The first-order valence-corrected chi connectivity index (χ1v) is 8.61. The molecule has 0 radical (unpaired) electrons. The average Bonchev–Trinajstić information content (AvgIpc) is 2.33. The van der Waals surface area contributed by atoms with Crippen molar-refractivity contribution in [3.8, 4) is 0 Å². The van der Waals surface area contributed by atoms with Crippen LogP contribution in [0, 0.1) is 16.2 Å². The summed E-state index contributed by atoms with van der Waals surface area (Å²) < 4.78 is 5.52. The monoisotopic (exact) mass is 298 g/mol. The Hall–Kier alpha value is -0.530. The Morgan fingerprint density at radius 2 is 1.38 bits per heavy atom. The maximum absolute atomic E-state index is 12.2. The molecule has 0 fully saturated rings. The Morgan fingerprint density at radius 1 is 0.857 bits per heavy atom. The third kappa shape index (κ3) is 7.33. The molecule has 0 aliphatic rings. The number of unbranched alkanes of at least 4 members (excludes halogenated alkanes) is 2.